The van der Waals surface area contributed by atoms with Gasteiger partial charge in [0.2, 0.25) is 11.8 Å². The topological polar surface area (TPSA) is 90.7 Å². The van der Waals surface area contributed by atoms with Crippen LogP contribution in [-0.4, -0.2) is 82.9 Å². The highest BCUT2D eigenvalue weighted by Crippen LogP contribution is 2.27. The van der Waals surface area contributed by atoms with Crippen LogP contribution >= 0.6 is 0 Å². The van der Waals surface area contributed by atoms with Crippen molar-refractivity contribution in [3.8, 4) is 11.5 Å². The minimum absolute atomic E-state index is 0.0431. The monoisotopic (exact) mass is 462 g/mol. The number of furan rings is 1. The van der Waals surface area contributed by atoms with Crippen molar-refractivity contribution in [1.82, 2.24) is 9.80 Å². The van der Waals surface area contributed by atoms with E-state index in [-0.39, 0.29) is 25.0 Å². The minimum atomic E-state index is -0.236. The standard InChI is InChI=1S/C24H34N2O7/c1-29-13-6-11-25(24(28)18-30-2)17-23(27)26(16-20-7-5-14-33-20)12-10-19-8-9-21(31-3)22(15-19)32-4/h5,7-9,14-15H,6,10-13,16-18H2,1-4H3. The summed E-state index contributed by atoms with van der Waals surface area (Å²) in [6.45, 7) is 1.54. The molecule has 9 heteroatoms. The number of amides is 2. The molecule has 1 aromatic heterocycles. The van der Waals surface area contributed by atoms with Crippen LogP contribution in [-0.2, 0) is 32.0 Å². The molecular formula is C24H34N2O7. The van der Waals surface area contributed by atoms with E-state index in [2.05, 4.69) is 0 Å². The Bertz CT molecular complexity index is 855. The molecule has 0 bridgehead atoms. The van der Waals surface area contributed by atoms with Crippen LogP contribution in [0.4, 0.5) is 0 Å². The van der Waals surface area contributed by atoms with E-state index in [9.17, 15) is 9.59 Å². The first-order chi connectivity index (χ1) is 16.0. The number of ether oxygens (including phenoxy) is 4. The molecule has 1 aromatic carbocycles. The Morgan fingerprint density at radius 1 is 0.909 bits per heavy atom. The molecule has 0 aliphatic heterocycles. The number of carbonyl (C=O) groups excluding carboxylic acids is 2. The van der Waals surface area contributed by atoms with Crippen LogP contribution in [0.1, 0.15) is 17.7 Å². The molecule has 0 aliphatic rings. The van der Waals surface area contributed by atoms with Crippen molar-refractivity contribution in [2.24, 2.45) is 0 Å². The van der Waals surface area contributed by atoms with Crippen molar-refractivity contribution >= 4 is 11.8 Å². The zero-order valence-electron chi connectivity index (χ0n) is 19.9. The molecule has 0 atom stereocenters. The summed E-state index contributed by atoms with van der Waals surface area (Å²) in [4.78, 5) is 28.9. The van der Waals surface area contributed by atoms with Crippen LogP contribution in [0.3, 0.4) is 0 Å². The summed E-state index contributed by atoms with van der Waals surface area (Å²) in [5.74, 6) is 1.54. The van der Waals surface area contributed by atoms with Crippen LogP contribution in [0.2, 0.25) is 0 Å². The summed E-state index contributed by atoms with van der Waals surface area (Å²) in [7, 11) is 6.24. The molecule has 0 fully saturated rings. The largest absolute Gasteiger partial charge is 0.493 e. The number of benzene rings is 1. The summed E-state index contributed by atoms with van der Waals surface area (Å²) < 4.78 is 26.2. The molecule has 0 radical (unpaired) electrons. The lowest BCUT2D eigenvalue weighted by Gasteiger charge is -2.27. The molecule has 2 amide bonds. The van der Waals surface area contributed by atoms with Gasteiger partial charge < -0.3 is 33.2 Å². The SMILES string of the molecule is COCCCN(CC(=O)N(CCc1ccc(OC)c(OC)c1)Cc1ccco1)C(=O)COC. The minimum Gasteiger partial charge on any atom is -0.493 e. The fourth-order valence-electron chi connectivity index (χ4n) is 3.35. The Hall–Kier alpha value is -3.04. The average Bonchev–Trinajstić information content (AvgIpc) is 3.34. The third kappa shape index (κ3) is 8.43. The van der Waals surface area contributed by atoms with Gasteiger partial charge in [-0.3, -0.25) is 9.59 Å². The molecule has 0 N–H and O–H groups in total. The molecule has 0 unspecified atom stereocenters. The quantitative estimate of drug-likeness (QED) is 0.375. The molecule has 0 spiro atoms. The molecule has 33 heavy (non-hydrogen) atoms. The van der Waals surface area contributed by atoms with Gasteiger partial charge in [0.1, 0.15) is 12.4 Å². The highest BCUT2D eigenvalue weighted by atomic mass is 16.5. The summed E-state index contributed by atoms with van der Waals surface area (Å²) in [6.07, 6.45) is 2.80. The lowest BCUT2D eigenvalue weighted by molar-refractivity contribution is -0.143. The van der Waals surface area contributed by atoms with Gasteiger partial charge in [0.25, 0.3) is 0 Å². The Morgan fingerprint density at radius 3 is 2.33 bits per heavy atom. The summed E-state index contributed by atoms with van der Waals surface area (Å²) in [5, 5.41) is 0. The molecule has 2 rings (SSSR count). The van der Waals surface area contributed by atoms with Crippen molar-refractivity contribution in [2.75, 3.05) is 61.3 Å². The van der Waals surface area contributed by atoms with Gasteiger partial charge in [-0.2, -0.15) is 0 Å². The van der Waals surface area contributed by atoms with Crippen molar-refractivity contribution in [1.29, 1.82) is 0 Å². The van der Waals surface area contributed by atoms with Gasteiger partial charge in [-0.25, -0.2) is 0 Å². The van der Waals surface area contributed by atoms with Gasteiger partial charge in [-0.1, -0.05) is 6.07 Å². The van der Waals surface area contributed by atoms with Crippen molar-refractivity contribution in [3.05, 3.63) is 47.9 Å². The van der Waals surface area contributed by atoms with Crippen LogP contribution in [0.25, 0.3) is 0 Å². The fraction of sp³-hybridized carbons (Fsp3) is 0.500. The van der Waals surface area contributed by atoms with Gasteiger partial charge in [-0.05, 0) is 42.7 Å². The molecule has 1 heterocycles. The summed E-state index contributed by atoms with van der Waals surface area (Å²) in [6, 6.07) is 9.28. The Morgan fingerprint density at radius 2 is 1.70 bits per heavy atom. The van der Waals surface area contributed by atoms with Gasteiger partial charge in [0.05, 0.1) is 33.6 Å². The zero-order chi connectivity index (χ0) is 24.1. The number of carbonyl (C=O) groups is 2. The van der Waals surface area contributed by atoms with E-state index in [1.165, 1.54) is 12.0 Å². The summed E-state index contributed by atoms with van der Waals surface area (Å²) in [5.41, 5.74) is 0.998. The van der Waals surface area contributed by atoms with E-state index >= 15 is 0 Å². The third-order valence-corrected chi connectivity index (χ3v) is 5.12. The van der Waals surface area contributed by atoms with Crippen LogP contribution in [0.5, 0.6) is 11.5 Å². The Kier molecular flexibility index (Phi) is 11.3. The van der Waals surface area contributed by atoms with E-state index in [1.54, 1.807) is 38.6 Å². The maximum absolute atomic E-state index is 13.2. The van der Waals surface area contributed by atoms with Gasteiger partial charge in [0.15, 0.2) is 11.5 Å². The van der Waals surface area contributed by atoms with Gasteiger partial charge in [-0.15, -0.1) is 0 Å². The predicted octanol–water partition coefficient (Wildman–Crippen LogP) is 2.38. The fourth-order valence-corrected chi connectivity index (χ4v) is 3.35. The second-order valence-electron chi connectivity index (χ2n) is 7.43. The zero-order valence-corrected chi connectivity index (χ0v) is 19.9. The highest BCUT2D eigenvalue weighted by Gasteiger charge is 2.22. The lowest BCUT2D eigenvalue weighted by atomic mass is 10.1. The molecule has 0 saturated carbocycles. The number of hydrogen-bond donors (Lipinski definition) is 0. The molecule has 0 aliphatic carbocycles. The van der Waals surface area contributed by atoms with Crippen molar-refractivity contribution < 1.29 is 33.0 Å². The maximum Gasteiger partial charge on any atom is 0.249 e. The average molecular weight is 463 g/mol. The number of nitrogens with zero attached hydrogens (tertiary/aromatic N) is 2. The predicted molar refractivity (Wildman–Crippen MR) is 122 cm³/mol. The summed E-state index contributed by atoms with van der Waals surface area (Å²) >= 11 is 0. The molecule has 9 nitrogen and oxygen atoms in total. The van der Waals surface area contributed by atoms with Crippen LogP contribution < -0.4 is 9.47 Å². The molecule has 2 aromatic rings. The normalized spacial score (nSPS) is 10.7. The van der Waals surface area contributed by atoms with E-state index in [0.29, 0.717) is 56.3 Å². The molecule has 182 valence electrons. The van der Waals surface area contributed by atoms with Crippen molar-refractivity contribution in [2.45, 2.75) is 19.4 Å². The number of hydrogen-bond acceptors (Lipinski definition) is 7. The maximum atomic E-state index is 13.2. The van der Waals surface area contributed by atoms with Gasteiger partial charge in [0, 0.05) is 33.9 Å². The van der Waals surface area contributed by atoms with E-state index < -0.39 is 0 Å². The number of rotatable bonds is 15. The first kappa shape index (κ1) is 26.2. The first-order valence-corrected chi connectivity index (χ1v) is 10.8. The van der Waals surface area contributed by atoms with Crippen LogP contribution in [0, 0.1) is 0 Å². The molecular weight excluding hydrogens is 428 g/mol. The Labute approximate surface area is 195 Å². The van der Waals surface area contributed by atoms with Gasteiger partial charge >= 0.3 is 0 Å². The van der Waals surface area contributed by atoms with E-state index in [0.717, 1.165) is 5.56 Å². The molecule has 0 saturated heterocycles. The smallest absolute Gasteiger partial charge is 0.249 e. The third-order valence-electron chi connectivity index (χ3n) is 5.12. The lowest BCUT2D eigenvalue weighted by Crippen LogP contribution is -2.45. The second kappa shape index (κ2) is 14.2. The first-order valence-electron chi connectivity index (χ1n) is 10.8. The van der Waals surface area contributed by atoms with Crippen molar-refractivity contribution in [3.63, 3.8) is 0 Å². The highest BCUT2D eigenvalue weighted by molar-refractivity contribution is 5.85. The second-order valence-corrected chi connectivity index (χ2v) is 7.43. The Balaban J connectivity index is 2.12. The number of methoxy groups -OCH3 is 4. The van der Waals surface area contributed by atoms with E-state index in [1.807, 2.05) is 24.3 Å². The van der Waals surface area contributed by atoms with Crippen LogP contribution in [0.15, 0.2) is 41.0 Å². The van der Waals surface area contributed by atoms with E-state index in [4.69, 9.17) is 23.4 Å².